The number of carbonyl (C=O) groups excluding carboxylic acids is 1. The molecule has 9 heteroatoms. The Labute approximate surface area is 148 Å². The summed E-state index contributed by atoms with van der Waals surface area (Å²) in [5, 5.41) is 0. The number of aromatic nitrogens is 1. The highest BCUT2D eigenvalue weighted by molar-refractivity contribution is 9.10. The highest BCUT2D eigenvalue weighted by atomic mass is 79.9. The van der Waals surface area contributed by atoms with Crippen molar-refractivity contribution in [2.75, 3.05) is 11.4 Å². The lowest BCUT2D eigenvalue weighted by molar-refractivity contribution is -0.135. The number of benzene rings is 1. The number of halogens is 5. The molecule has 0 saturated carbocycles. The first-order valence-corrected chi connectivity index (χ1v) is 7.87. The fourth-order valence-electron chi connectivity index (χ4n) is 2.47. The molecule has 3 rings (SSSR count). The van der Waals surface area contributed by atoms with Crippen molar-refractivity contribution >= 4 is 33.2 Å². The van der Waals surface area contributed by atoms with Crippen LogP contribution in [0.15, 0.2) is 52.1 Å². The summed E-state index contributed by atoms with van der Waals surface area (Å²) in [4.78, 5) is 20.3. The van der Waals surface area contributed by atoms with E-state index in [0.29, 0.717) is 9.37 Å². The molecule has 1 amide bonds. The standard InChI is InChI=1S/C16H10BrF4N3O/c17-9-4-5-12-10(7-9)13(11-3-1-2-6-22-11)23-14(18)15(25)24(12)8-16(19,20)21/h1-7,14H,8H2. The van der Waals surface area contributed by atoms with Crippen molar-refractivity contribution in [1.29, 1.82) is 0 Å². The third kappa shape index (κ3) is 3.71. The molecule has 0 spiro atoms. The van der Waals surface area contributed by atoms with E-state index in [9.17, 15) is 22.4 Å². The maximum Gasteiger partial charge on any atom is 0.406 e. The molecule has 1 aliphatic heterocycles. The number of benzodiazepines with no additional fused rings is 1. The SMILES string of the molecule is O=C1C(F)N=C(c2ccccn2)c2cc(Br)ccc2N1CC(F)(F)F. The van der Waals surface area contributed by atoms with E-state index in [0.717, 1.165) is 0 Å². The number of amides is 1. The lowest BCUT2D eigenvalue weighted by Crippen LogP contribution is -2.42. The maximum absolute atomic E-state index is 14.3. The normalized spacial score (nSPS) is 17.8. The van der Waals surface area contributed by atoms with Gasteiger partial charge in [0.1, 0.15) is 6.54 Å². The molecule has 1 unspecified atom stereocenters. The molecule has 2 heterocycles. The van der Waals surface area contributed by atoms with Crippen LogP contribution in [0.5, 0.6) is 0 Å². The summed E-state index contributed by atoms with van der Waals surface area (Å²) < 4.78 is 53.5. The van der Waals surface area contributed by atoms with E-state index in [4.69, 9.17) is 0 Å². The van der Waals surface area contributed by atoms with Gasteiger partial charge < -0.3 is 0 Å². The number of hydrogen-bond acceptors (Lipinski definition) is 3. The number of hydrogen-bond donors (Lipinski definition) is 0. The lowest BCUT2D eigenvalue weighted by Gasteiger charge is -2.24. The predicted octanol–water partition coefficient (Wildman–Crippen LogP) is 3.89. The van der Waals surface area contributed by atoms with Crippen molar-refractivity contribution in [2.24, 2.45) is 4.99 Å². The van der Waals surface area contributed by atoms with Gasteiger partial charge in [0.2, 0.25) is 0 Å². The topological polar surface area (TPSA) is 45.6 Å². The second-order valence-corrected chi connectivity index (χ2v) is 6.15. The van der Waals surface area contributed by atoms with Crippen LogP contribution in [0.2, 0.25) is 0 Å². The molecule has 0 radical (unpaired) electrons. The van der Waals surface area contributed by atoms with Crippen LogP contribution < -0.4 is 4.90 Å². The van der Waals surface area contributed by atoms with E-state index in [1.165, 1.54) is 24.4 Å². The second kappa shape index (κ2) is 6.55. The highest BCUT2D eigenvalue weighted by Gasteiger charge is 2.39. The Morgan fingerprint density at radius 3 is 2.60 bits per heavy atom. The van der Waals surface area contributed by atoms with Crippen LogP contribution in [-0.2, 0) is 4.79 Å². The Morgan fingerprint density at radius 1 is 1.20 bits per heavy atom. The number of aliphatic imine (C=N–C) groups is 1. The van der Waals surface area contributed by atoms with Gasteiger partial charge in [0.05, 0.1) is 17.1 Å². The summed E-state index contributed by atoms with van der Waals surface area (Å²) in [6.45, 7) is -1.61. The van der Waals surface area contributed by atoms with Crippen LogP contribution in [0.25, 0.3) is 0 Å². The molecule has 130 valence electrons. The highest BCUT2D eigenvalue weighted by Crippen LogP contribution is 2.33. The van der Waals surface area contributed by atoms with Gasteiger partial charge in [-0.2, -0.15) is 13.2 Å². The average Bonchev–Trinajstić information content (AvgIpc) is 2.65. The molecule has 2 aromatic rings. The van der Waals surface area contributed by atoms with Gasteiger partial charge >= 0.3 is 6.18 Å². The summed E-state index contributed by atoms with van der Waals surface area (Å²) in [6, 6.07) is 9.09. The number of rotatable bonds is 2. The van der Waals surface area contributed by atoms with Crippen molar-refractivity contribution in [3.05, 3.63) is 58.3 Å². The Morgan fingerprint density at radius 2 is 1.96 bits per heavy atom. The van der Waals surface area contributed by atoms with Gasteiger partial charge in [0, 0.05) is 16.2 Å². The average molecular weight is 416 g/mol. The van der Waals surface area contributed by atoms with Crippen LogP contribution >= 0.6 is 15.9 Å². The fraction of sp³-hybridized carbons (Fsp3) is 0.188. The van der Waals surface area contributed by atoms with Crippen molar-refractivity contribution in [1.82, 2.24) is 4.98 Å². The van der Waals surface area contributed by atoms with E-state index in [-0.39, 0.29) is 22.7 Å². The first-order valence-electron chi connectivity index (χ1n) is 7.07. The summed E-state index contributed by atoms with van der Waals surface area (Å²) in [5.41, 5.74) is 0.384. The molecule has 1 aromatic carbocycles. The zero-order valence-corrected chi connectivity index (χ0v) is 14.1. The van der Waals surface area contributed by atoms with Gasteiger partial charge in [0.25, 0.3) is 12.2 Å². The summed E-state index contributed by atoms with van der Waals surface area (Å²) in [6.07, 6.45) is -5.69. The van der Waals surface area contributed by atoms with Gasteiger partial charge in [-0.3, -0.25) is 14.7 Å². The smallest absolute Gasteiger partial charge is 0.298 e. The van der Waals surface area contributed by atoms with Gasteiger partial charge in [-0.25, -0.2) is 9.38 Å². The molecule has 0 bridgehead atoms. The van der Waals surface area contributed by atoms with E-state index < -0.39 is 24.9 Å². The largest absolute Gasteiger partial charge is 0.406 e. The monoisotopic (exact) mass is 415 g/mol. The van der Waals surface area contributed by atoms with Crippen molar-refractivity contribution < 1.29 is 22.4 Å². The number of nitrogens with zero attached hydrogens (tertiary/aromatic N) is 3. The number of pyridine rings is 1. The van der Waals surface area contributed by atoms with Crippen molar-refractivity contribution in [2.45, 2.75) is 12.5 Å². The van der Waals surface area contributed by atoms with Crippen molar-refractivity contribution in [3.8, 4) is 0 Å². The summed E-state index contributed by atoms with van der Waals surface area (Å²) in [7, 11) is 0. The summed E-state index contributed by atoms with van der Waals surface area (Å²) >= 11 is 3.23. The molecule has 25 heavy (non-hydrogen) atoms. The minimum atomic E-state index is -4.69. The first kappa shape index (κ1) is 17.5. The van der Waals surface area contributed by atoms with Crippen LogP contribution in [0.1, 0.15) is 11.3 Å². The lowest BCUT2D eigenvalue weighted by atomic mass is 10.0. The number of anilines is 1. The Hall–Kier alpha value is -2.29. The molecule has 0 fully saturated rings. The first-order chi connectivity index (χ1) is 11.8. The zero-order valence-electron chi connectivity index (χ0n) is 12.5. The van der Waals surface area contributed by atoms with Gasteiger partial charge in [-0.1, -0.05) is 22.0 Å². The molecule has 1 atom stereocenters. The molecule has 0 aliphatic carbocycles. The van der Waals surface area contributed by atoms with E-state index in [1.54, 1.807) is 18.2 Å². The number of carbonyl (C=O) groups is 1. The Bertz CT molecular complexity index is 839. The second-order valence-electron chi connectivity index (χ2n) is 5.23. The Kier molecular flexibility index (Phi) is 4.59. The van der Waals surface area contributed by atoms with Gasteiger partial charge in [-0.05, 0) is 30.3 Å². The number of fused-ring (bicyclic) bond motifs is 1. The van der Waals surface area contributed by atoms with E-state index >= 15 is 0 Å². The minimum Gasteiger partial charge on any atom is -0.298 e. The molecule has 0 saturated heterocycles. The summed E-state index contributed by atoms with van der Waals surface area (Å²) in [5.74, 6) is -1.37. The van der Waals surface area contributed by atoms with Gasteiger partial charge in [0.15, 0.2) is 0 Å². The molecular weight excluding hydrogens is 406 g/mol. The van der Waals surface area contributed by atoms with E-state index in [1.807, 2.05) is 0 Å². The third-order valence-electron chi connectivity index (χ3n) is 3.46. The molecule has 4 nitrogen and oxygen atoms in total. The maximum atomic E-state index is 14.3. The molecule has 1 aliphatic rings. The minimum absolute atomic E-state index is 0.0161. The zero-order chi connectivity index (χ0) is 18.2. The van der Waals surface area contributed by atoms with Crippen LogP contribution in [-0.4, -0.2) is 35.6 Å². The van der Waals surface area contributed by atoms with E-state index in [2.05, 4.69) is 25.9 Å². The quantitative estimate of drug-likeness (QED) is 0.551. The molecule has 1 aromatic heterocycles. The van der Waals surface area contributed by atoms with Crippen molar-refractivity contribution in [3.63, 3.8) is 0 Å². The third-order valence-corrected chi connectivity index (χ3v) is 3.95. The van der Waals surface area contributed by atoms with Gasteiger partial charge in [-0.15, -0.1) is 0 Å². The van der Waals surface area contributed by atoms with Crippen LogP contribution in [0.3, 0.4) is 0 Å². The molecule has 0 N–H and O–H groups in total. The Balaban J connectivity index is 2.22. The van der Waals surface area contributed by atoms with Crippen LogP contribution in [0, 0.1) is 0 Å². The number of alkyl halides is 4. The molecular formula is C16H10BrF4N3O. The fourth-order valence-corrected chi connectivity index (χ4v) is 2.83. The van der Waals surface area contributed by atoms with Crippen LogP contribution in [0.4, 0.5) is 23.2 Å². The predicted molar refractivity (Wildman–Crippen MR) is 87.3 cm³/mol.